The van der Waals surface area contributed by atoms with Crippen LogP contribution in [-0.4, -0.2) is 41.6 Å². The van der Waals surface area contributed by atoms with Gasteiger partial charge in [0.2, 0.25) is 5.91 Å². The topological polar surface area (TPSA) is 58.6 Å². The van der Waals surface area contributed by atoms with Crippen molar-refractivity contribution in [3.05, 3.63) is 0 Å². The third-order valence-corrected chi connectivity index (χ3v) is 2.57. The lowest BCUT2D eigenvalue weighted by Crippen LogP contribution is -2.47. The summed E-state index contributed by atoms with van der Waals surface area (Å²) < 4.78 is 5.30. The molecule has 0 bridgehead atoms. The van der Waals surface area contributed by atoms with Crippen LogP contribution in [0.1, 0.15) is 40.5 Å². The van der Waals surface area contributed by atoms with Crippen LogP contribution >= 0.6 is 0 Å². The van der Waals surface area contributed by atoms with Gasteiger partial charge in [-0.1, -0.05) is 0 Å². The van der Waals surface area contributed by atoms with Gasteiger partial charge < -0.3 is 15.0 Å². The standard InChI is InChI=1S/C12H22N2O3/c1-9(15)14-7-5-6-10(8-14)17-11(16)13-12(2,3)4/h10H,5-8H2,1-4H3,(H,13,16). The molecule has 0 spiro atoms. The van der Waals surface area contributed by atoms with Crippen LogP contribution in [0.15, 0.2) is 0 Å². The summed E-state index contributed by atoms with van der Waals surface area (Å²) in [7, 11) is 0. The molecule has 17 heavy (non-hydrogen) atoms. The lowest BCUT2D eigenvalue weighted by Gasteiger charge is -2.32. The van der Waals surface area contributed by atoms with Gasteiger partial charge in [-0.3, -0.25) is 4.79 Å². The second-order valence-corrected chi connectivity index (χ2v) is 5.51. The van der Waals surface area contributed by atoms with Gasteiger partial charge in [0.25, 0.3) is 0 Å². The van der Waals surface area contributed by atoms with Crippen molar-refractivity contribution in [1.82, 2.24) is 10.2 Å². The quantitative estimate of drug-likeness (QED) is 0.758. The number of ether oxygens (including phenoxy) is 1. The zero-order valence-corrected chi connectivity index (χ0v) is 11.1. The van der Waals surface area contributed by atoms with E-state index in [9.17, 15) is 9.59 Å². The Kier molecular flexibility index (Phi) is 4.37. The smallest absolute Gasteiger partial charge is 0.407 e. The Labute approximate surface area is 102 Å². The number of amides is 2. The summed E-state index contributed by atoms with van der Waals surface area (Å²) in [5.74, 6) is 0.0366. The number of likely N-dealkylation sites (tertiary alicyclic amines) is 1. The summed E-state index contributed by atoms with van der Waals surface area (Å²) in [4.78, 5) is 24.5. The molecule has 1 aliphatic rings. The first-order valence-corrected chi connectivity index (χ1v) is 6.02. The van der Waals surface area contributed by atoms with Crippen molar-refractivity contribution in [2.45, 2.75) is 52.2 Å². The number of rotatable bonds is 1. The van der Waals surface area contributed by atoms with Crippen LogP contribution in [0.25, 0.3) is 0 Å². The minimum atomic E-state index is -0.409. The lowest BCUT2D eigenvalue weighted by molar-refractivity contribution is -0.131. The van der Waals surface area contributed by atoms with Gasteiger partial charge in [-0.25, -0.2) is 4.79 Å². The summed E-state index contributed by atoms with van der Waals surface area (Å²) >= 11 is 0. The number of carbonyl (C=O) groups excluding carboxylic acids is 2. The molecule has 2 amide bonds. The van der Waals surface area contributed by atoms with Crippen LogP contribution in [0.3, 0.4) is 0 Å². The number of piperidine rings is 1. The van der Waals surface area contributed by atoms with Gasteiger partial charge in [-0.2, -0.15) is 0 Å². The molecule has 1 atom stereocenters. The first-order valence-electron chi connectivity index (χ1n) is 6.02. The Morgan fingerprint density at radius 3 is 2.53 bits per heavy atom. The highest BCUT2D eigenvalue weighted by Gasteiger charge is 2.25. The van der Waals surface area contributed by atoms with Gasteiger partial charge in [-0.05, 0) is 33.6 Å². The van der Waals surface area contributed by atoms with E-state index in [4.69, 9.17) is 4.74 Å². The van der Waals surface area contributed by atoms with E-state index in [2.05, 4.69) is 5.32 Å². The number of alkyl carbamates (subject to hydrolysis) is 1. The minimum Gasteiger partial charge on any atom is -0.444 e. The summed E-state index contributed by atoms with van der Waals surface area (Å²) in [6, 6.07) is 0. The Bertz CT molecular complexity index is 297. The van der Waals surface area contributed by atoms with Crippen molar-refractivity contribution in [3.63, 3.8) is 0 Å². The normalized spacial score (nSPS) is 20.9. The van der Waals surface area contributed by atoms with Gasteiger partial charge in [0, 0.05) is 19.0 Å². The summed E-state index contributed by atoms with van der Waals surface area (Å²) in [5.41, 5.74) is -0.300. The number of hydrogen-bond donors (Lipinski definition) is 1. The van der Waals surface area contributed by atoms with Crippen LogP contribution in [-0.2, 0) is 9.53 Å². The highest BCUT2D eigenvalue weighted by molar-refractivity contribution is 5.73. The van der Waals surface area contributed by atoms with E-state index in [1.165, 1.54) is 6.92 Å². The van der Waals surface area contributed by atoms with Crippen molar-refractivity contribution < 1.29 is 14.3 Å². The molecule has 1 fully saturated rings. The van der Waals surface area contributed by atoms with Crippen LogP contribution in [0.4, 0.5) is 4.79 Å². The van der Waals surface area contributed by atoms with E-state index >= 15 is 0 Å². The fourth-order valence-corrected chi connectivity index (χ4v) is 1.81. The molecule has 1 unspecified atom stereocenters. The minimum absolute atomic E-state index is 0.0366. The predicted molar refractivity (Wildman–Crippen MR) is 64.6 cm³/mol. The molecular weight excluding hydrogens is 220 g/mol. The second-order valence-electron chi connectivity index (χ2n) is 5.51. The van der Waals surface area contributed by atoms with E-state index in [-0.39, 0.29) is 17.6 Å². The van der Waals surface area contributed by atoms with Crippen molar-refractivity contribution in [2.24, 2.45) is 0 Å². The molecule has 98 valence electrons. The average Bonchev–Trinajstić information content (AvgIpc) is 2.14. The van der Waals surface area contributed by atoms with Gasteiger partial charge >= 0.3 is 6.09 Å². The SMILES string of the molecule is CC(=O)N1CCCC(OC(=O)NC(C)(C)C)C1. The van der Waals surface area contributed by atoms with Crippen LogP contribution in [0.2, 0.25) is 0 Å². The van der Waals surface area contributed by atoms with E-state index in [0.29, 0.717) is 6.54 Å². The lowest BCUT2D eigenvalue weighted by atomic mass is 10.1. The molecule has 1 aliphatic heterocycles. The van der Waals surface area contributed by atoms with E-state index in [1.54, 1.807) is 4.90 Å². The zero-order chi connectivity index (χ0) is 13.1. The Hall–Kier alpha value is -1.26. The third-order valence-electron chi connectivity index (χ3n) is 2.57. The number of carbonyl (C=O) groups is 2. The summed E-state index contributed by atoms with van der Waals surface area (Å²) in [6.07, 6.45) is 1.11. The van der Waals surface area contributed by atoms with Gasteiger partial charge in [0.15, 0.2) is 0 Å². The second kappa shape index (κ2) is 5.38. The molecule has 1 N–H and O–H groups in total. The predicted octanol–water partition coefficient (Wildman–Crippen LogP) is 1.52. The van der Waals surface area contributed by atoms with Crippen molar-refractivity contribution >= 4 is 12.0 Å². The number of nitrogens with zero attached hydrogens (tertiary/aromatic N) is 1. The largest absolute Gasteiger partial charge is 0.444 e. The first-order chi connectivity index (χ1) is 7.78. The molecule has 0 radical (unpaired) electrons. The van der Waals surface area contributed by atoms with Crippen LogP contribution < -0.4 is 5.32 Å². The highest BCUT2D eigenvalue weighted by Crippen LogP contribution is 2.14. The fourth-order valence-electron chi connectivity index (χ4n) is 1.81. The zero-order valence-electron chi connectivity index (χ0n) is 11.1. The van der Waals surface area contributed by atoms with Gasteiger partial charge in [-0.15, -0.1) is 0 Å². The monoisotopic (exact) mass is 242 g/mol. The molecule has 0 aromatic carbocycles. The van der Waals surface area contributed by atoms with Gasteiger partial charge in [0.05, 0.1) is 6.54 Å². The summed E-state index contributed by atoms with van der Waals surface area (Å²) in [5, 5.41) is 2.75. The molecule has 0 aliphatic carbocycles. The Morgan fingerprint density at radius 1 is 1.35 bits per heavy atom. The van der Waals surface area contributed by atoms with E-state index < -0.39 is 6.09 Å². The van der Waals surface area contributed by atoms with Crippen molar-refractivity contribution in [2.75, 3.05) is 13.1 Å². The molecule has 1 heterocycles. The van der Waals surface area contributed by atoms with E-state index in [1.807, 2.05) is 20.8 Å². The van der Waals surface area contributed by atoms with Crippen molar-refractivity contribution in [3.8, 4) is 0 Å². The maximum Gasteiger partial charge on any atom is 0.407 e. The number of nitrogens with one attached hydrogen (secondary N) is 1. The molecule has 1 saturated heterocycles. The maximum absolute atomic E-state index is 11.6. The Morgan fingerprint density at radius 2 is 2.00 bits per heavy atom. The van der Waals surface area contributed by atoms with E-state index in [0.717, 1.165) is 19.4 Å². The first kappa shape index (κ1) is 13.8. The van der Waals surface area contributed by atoms with Gasteiger partial charge in [0.1, 0.15) is 6.10 Å². The molecular formula is C12H22N2O3. The molecule has 0 saturated carbocycles. The Balaban J connectivity index is 2.41. The molecule has 0 aromatic rings. The van der Waals surface area contributed by atoms with Crippen molar-refractivity contribution in [1.29, 1.82) is 0 Å². The number of hydrogen-bond acceptors (Lipinski definition) is 3. The molecule has 1 rings (SSSR count). The summed E-state index contributed by atoms with van der Waals surface area (Å²) in [6.45, 7) is 8.51. The molecule has 5 heteroatoms. The molecule has 0 aromatic heterocycles. The highest BCUT2D eigenvalue weighted by atomic mass is 16.6. The maximum atomic E-state index is 11.6. The van der Waals surface area contributed by atoms with Crippen LogP contribution in [0, 0.1) is 0 Å². The average molecular weight is 242 g/mol. The molecule has 5 nitrogen and oxygen atoms in total. The third kappa shape index (κ3) is 5.06. The van der Waals surface area contributed by atoms with Crippen LogP contribution in [0.5, 0.6) is 0 Å². The fraction of sp³-hybridized carbons (Fsp3) is 0.833.